The smallest absolute Gasteiger partial charge is 0.164 e. The number of hydrogen-bond acceptors (Lipinski definition) is 3. The molecule has 0 fully saturated rings. The van der Waals surface area contributed by atoms with Gasteiger partial charge in [0.1, 0.15) is 0 Å². The maximum Gasteiger partial charge on any atom is 0.164 e. The second-order valence-electron chi connectivity index (χ2n) is 24.3. The van der Waals surface area contributed by atoms with E-state index in [1.165, 1.54) is 59.9 Å². The highest BCUT2D eigenvalue weighted by Gasteiger charge is 2.24. The molecule has 0 aliphatic carbocycles. The lowest BCUT2D eigenvalue weighted by molar-refractivity contribution is 0.871. The van der Waals surface area contributed by atoms with Crippen LogP contribution < -0.4 is 0 Å². The highest BCUT2D eigenvalue weighted by Crippen LogP contribution is 2.44. The van der Waals surface area contributed by atoms with Gasteiger partial charge in [-0.2, -0.15) is 0 Å². The van der Waals surface area contributed by atoms with Gasteiger partial charge in [0.15, 0.2) is 17.5 Å². The standard InChI is InChI=1S/C88H58N6/c1-6-24-58(25-7-1)61-42-44-64(45-43-61)86-89-87(67-51-65(59-26-8-2-9-27-59)50-66(52-67)60-28-10-3-11-29-60)91-88(90-86)68-53-77(62-30-12-4-13-31-62)79(78(54-68)63-32-14-5-15-33-63)57-92-84-55-69(93-80-38-20-16-34-71(80)72-35-17-21-39-81(72)93)46-48-75(84)76-49-47-70(56-85(76)92)94-82-40-22-18-36-73(82)74-37-19-23-41-83(74)94/h1-56H,57H2. The molecule has 94 heavy (non-hydrogen) atoms. The van der Waals surface area contributed by atoms with Crippen molar-refractivity contribution in [3.05, 3.63) is 345 Å². The van der Waals surface area contributed by atoms with Crippen LogP contribution in [-0.4, -0.2) is 28.7 Å². The minimum Gasteiger partial charge on any atom is -0.336 e. The molecule has 0 unspecified atom stereocenters. The number of rotatable bonds is 12. The van der Waals surface area contributed by atoms with E-state index in [-0.39, 0.29) is 0 Å². The SMILES string of the molecule is c1ccc(-c2ccc(-c3nc(-c4cc(-c5ccccc5)cc(-c5ccccc5)c4)nc(-c4cc(-c5ccccc5)c(Cn5c6cc(-n7c8ccccc8c8ccccc87)ccc6c6ccc(-n7c8ccccc8c8ccccc87)cc65)c(-c5ccccc5)c4)n3)cc2)cc1. The van der Waals surface area contributed by atoms with E-state index in [1.807, 2.05) is 0 Å². The van der Waals surface area contributed by atoms with Crippen LogP contribution in [0.3, 0.4) is 0 Å². The first-order valence-electron chi connectivity index (χ1n) is 32.1. The molecule has 6 nitrogen and oxygen atoms in total. The van der Waals surface area contributed by atoms with Crippen LogP contribution in [0.4, 0.5) is 0 Å². The quantitative estimate of drug-likeness (QED) is 0.122. The van der Waals surface area contributed by atoms with Gasteiger partial charge in [0, 0.05) is 66.9 Å². The Morgan fingerprint density at radius 1 is 0.202 bits per heavy atom. The molecule has 0 saturated carbocycles. The van der Waals surface area contributed by atoms with Crippen molar-refractivity contribution >= 4 is 65.4 Å². The lowest BCUT2D eigenvalue weighted by Crippen LogP contribution is -2.06. The molecule has 0 aliphatic heterocycles. The van der Waals surface area contributed by atoms with Crippen LogP contribution in [0.5, 0.6) is 0 Å². The average molecular weight is 1200 g/mol. The van der Waals surface area contributed by atoms with Crippen molar-refractivity contribution in [2.45, 2.75) is 6.54 Å². The van der Waals surface area contributed by atoms with E-state index in [0.29, 0.717) is 24.0 Å². The van der Waals surface area contributed by atoms with Crippen LogP contribution >= 0.6 is 0 Å². The van der Waals surface area contributed by atoms with Crippen molar-refractivity contribution < 1.29 is 0 Å². The molecule has 14 aromatic carbocycles. The van der Waals surface area contributed by atoms with Gasteiger partial charge in [-0.25, -0.2) is 15.0 Å². The van der Waals surface area contributed by atoms with Gasteiger partial charge in [0.05, 0.1) is 33.1 Å². The normalized spacial score (nSPS) is 11.7. The van der Waals surface area contributed by atoms with E-state index >= 15 is 0 Å². The fourth-order valence-corrected chi connectivity index (χ4v) is 14.4. The highest BCUT2D eigenvalue weighted by atomic mass is 15.0. The van der Waals surface area contributed by atoms with E-state index in [4.69, 9.17) is 15.0 Å². The number of fused-ring (bicyclic) bond motifs is 9. The first-order valence-corrected chi connectivity index (χ1v) is 32.1. The fraction of sp³-hybridized carbons (Fsp3) is 0.0114. The molecule has 0 atom stereocenters. The van der Waals surface area contributed by atoms with Gasteiger partial charge in [-0.15, -0.1) is 0 Å². The Morgan fingerprint density at radius 3 is 0.883 bits per heavy atom. The topological polar surface area (TPSA) is 53.5 Å². The zero-order valence-electron chi connectivity index (χ0n) is 51.2. The minimum absolute atomic E-state index is 0.526. The summed E-state index contributed by atoms with van der Waals surface area (Å²) in [4.78, 5) is 16.6. The van der Waals surface area contributed by atoms with Crippen LogP contribution in [0, 0.1) is 0 Å². The lowest BCUT2D eigenvalue weighted by atomic mass is 9.89. The van der Waals surface area contributed by atoms with E-state index in [0.717, 1.165) is 94.7 Å². The van der Waals surface area contributed by atoms with Crippen molar-refractivity contribution in [2.75, 3.05) is 0 Å². The fourth-order valence-electron chi connectivity index (χ4n) is 14.4. The molecule has 440 valence electrons. The summed E-state index contributed by atoms with van der Waals surface area (Å²) >= 11 is 0. The summed E-state index contributed by atoms with van der Waals surface area (Å²) in [5, 5.41) is 7.27. The molecule has 0 spiro atoms. The van der Waals surface area contributed by atoms with Crippen molar-refractivity contribution in [1.29, 1.82) is 0 Å². The molecule has 4 aromatic heterocycles. The van der Waals surface area contributed by atoms with E-state index in [2.05, 4.69) is 353 Å². The van der Waals surface area contributed by atoms with Gasteiger partial charge in [-0.3, -0.25) is 0 Å². The molecule has 0 amide bonds. The van der Waals surface area contributed by atoms with Gasteiger partial charge in [0.2, 0.25) is 0 Å². The second-order valence-corrected chi connectivity index (χ2v) is 24.3. The number of para-hydroxylation sites is 4. The molecule has 0 bridgehead atoms. The summed E-state index contributed by atoms with van der Waals surface area (Å²) in [5.74, 6) is 1.74. The summed E-state index contributed by atoms with van der Waals surface area (Å²) in [6, 6.07) is 123. The maximum atomic E-state index is 5.61. The van der Waals surface area contributed by atoms with Crippen molar-refractivity contribution in [3.8, 4) is 101 Å². The van der Waals surface area contributed by atoms with Gasteiger partial charge in [-0.05, 0) is 140 Å². The Labute approximate surface area is 543 Å². The summed E-state index contributed by atoms with van der Waals surface area (Å²) < 4.78 is 7.45. The van der Waals surface area contributed by atoms with Gasteiger partial charge in [0.25, 0.3) is 0 Å². The molecule has 4 heterocycles. The number of benzene rings is 14. The summed E-state index contributed by atoms with van der Waals surface area (Å²) in [7, 11) is 0. The van der Waals surface area contributed by atoms with Crippen LogP contribution in [0.25, 0.3) is 167 Å². The first kappa shape index (κ1) is 54.4. The molecular weight excluding hydrogens is 1140 g/mol. The average Bonchev–Trinajstić information content (AvgIpc) is 1.56. The zero-order valence-corrected chi connectivity index (χ0v) is 51.2. The van der Waals surface area contributed by atoms with E-state index in [9.17, 15) is 0 Å². The number of aromatic nitrogens is 6. The molecule has 0 radical (unpaired) electrons. The van der Waals surface area contributed by atoms with Crippen molar-refractivity contribution in [2.24, 2.45) is 0 Å². The van der Waals surface area contributed by atoms with E-state index in [1.54, 1.807) is 0 Å². The van der Waals surface area contributed by atoms with Gasteiger partial charge < -0.3 is 13.7 Å². The summed E-state index contributed by atoms with van der Waals surface area (Å²) in [6.07, 6.45) is 0. The van der Waals surface area contributed by atoms with Gasteiger partial charge in [-0.1, -0.05) is 261 Å². The molecule has 6 heteroatoms. The van der Waals surface area contributed by atoms with Crippen LogP contribution in [0.15, 0.2) is 340 Å². The molecule has 18 aromatic rings. The minimum atomic E-state index is 0.526. The molecular formula is C88H58N6. The van der Waals surface area contributed by atoms with Crippen molar-refractivity contribution in [1.82, 2.24) is 28.7 Å². The Balaban J connectivity index is 0.889. The Hall–Kier alpha value is -12.5. The van der Waals surface area contributed by atoms with Crippen molar-refractivity contribution in [3.63, 3.8) is 0 Å². The zero-order chi connectivity index (χ0) is 62.1. The van der Waals surface area contributed by atoms with Crippen LogP contribution in [0.2, 0.25) is 0 Å². The van der Waals surface area contributed by atoms with Gasteiger partial charge >= 0.3 is 0 Å². The largest absolute Gasteiger partial charge is 0.336 e. The predicted molar refractivity (Wildman–Crippen MR) is 391 cm³/mol. The van der Waals surface area contributed by atoms with Crippen LogP contribution in [-0.2, 0) is 6.54 Å². The van der Waals surface area contributed by atoms with Crippen LogP contribution in [0.1, 0.15) is 5.56 Å². The van der Waals surface area contributed by atoms with E-state index < -0.39 is 0 Å². The number of nitrogens with zero attached hydrogens (tertiary/aromatic N) is 6. The monoisotopic (exact) mass is 1200 g/mol. The Morgan fingerprint density at radius 2 is 0.489 bits per heavy atom. The summed E-state index contributed by atoms with van der Waals surface area (Å²) in [5.41, 5.74) is 23.9. The highest BCUT2D eigenvalue weighted by molar-refractivity contribution is 6.13. The molecule has 18 rings (SSSR count). The molecule has 0 saturated heterocycles. The molecule has 0 N–H and O–H groups in total. The second kappa shape index (κ2) is 22.8. The lowest BCUT2D eigenvalue weighted by Gasteiger charge is -2.20. The third-order valence-electron chi connectivity index (χ3n) is 18.8. The predicted octanol–water partition coefficient (Wildman–Crippen LogP) is 22.6. The number of hydrogen-bond donors (Lipinski definition) is 0. The first-order chi connectivity index (χ1) is 46.6. The third-order valence-corrected chi connectivity index (χ3v) is 18.8. The Bertz CT molecular complexity index is 5510. The third kappa shape index (κ3) is 9.46. The Kier molecular flexibility index (Phi) is 13.2. The molecule has 0 aliphatic rings. The summed E-state index contributed by atoms with van der Waals surface area (Å²) in [6.45, 7) is 0.526. The maximum absolute atomic E-state index is 5.61.